The van der Waals surface area contributed by atoms with Crippen molar-refractivity contribution >= 4 is 17.5 Å². The third-order valence-electron chi connectivity index (χ3n) is 5.55. The number of likely N-dealkylation sites (tertiary alicyclic amines) is 1. The van der Waals surface area contributed by atoms with Gasteiger partial charge in [0, 0.05) is 37.8 Å². The highest BCUT2D eigenvalue weighted by Crippen LogP contribution is 2.28. The molecule has 0 aromatic heterocycles. The minimum absolute atomic E-state index is 0.00860. The molecule has 0 saturated carbocycles. The van der Waals surface area contributed by atoms with Crippen molar-refractivity contribution in [1.29, 1.82) is 0 Å². The van der Waals surface area contributed by atoms with Crippen LogP contribution in [0.2, 0.25) is 0 Å². The second-order valence-corrected chi connectivity index (χ2v) is 7.80. The number of nitrogens with zero attached hydrogens (tertiary/aromatic N) is 2. The van der Waals surface area contributed by atoms with Crippen LogP contribution >= 0.6 is 0 Å². The highest BCUT2D eigenvalue weighted by molar-refractivity contribution is 6.00. The number of methoxy groups -OCH3 is 1. The van der Waals surface area contributed by atoms with Gasteiger partial charge in [-0.25, -0.2) is 0 Å². The molecule has 148 valence electrons. The Morgan fingerprint density at radius 2 is 2.19 bits per heavy atom. The van der Waals surface area contributed by atoms with Gasteiger partial charge >= 0.3 is 0 Å². The molecule has 0 spiro atoms. The Morgan fingerprint density at radius 3 is 2.96 bits per heavy atom. The van der Waals surface area contributed by atoms with Gasteiger partial charge in [-0.05, 0) is 50.4 Å². The molecule has 0 unspecified atom stereocenters. The highest BCUT2D eigenvalue weighted by Gasteiger charge is 2.35. The second-order valence-electron chi connectivity index (χ2n) is 7.80. The van der Waals surface area contributed by atoms with Gasteiger partial charge in [0.2, 0.25) is 11.8 Å². The van der Waals surface area contributed by atoms with Crippen molar-refractivity contribution in [3.05, 3.63) is 24.3 Å². The van der Waals surface area contributed by atoms with E-state index in [9.17, 15) is 9.59 Å². The van der Waals surface area contributed by atoms with Crippen molar-refractivity contribution in [2.24, 2.45) is 11.8 Å². The Hall–Kier alpha value is -2.08. The fourth-order valence-electron chi connectivity index (χ4n) is 4.06. The van der Waals surface area contributed by atoms with Crippen molar-refractivity contribution in [3.8, 4) is 5.75 Å². The lowest BCUT2D eigenvalue weighted by Gasteiger charge is -2.30. The number of benzene rings is 1. The lowest BCUT2D eigenvalue weighted by atomic mass is 10.0. The number of nitrogens with one attached hydrogen (secondary N) is 1. The van der Waals surface area contributed by atoms with Crippen LogP contribution in [-0.4, -0.2) is 56.5 Å². The molecule has 2 heterocycles. The van der Waals surface area contributed by atoms with Gasteiger partial charge < -0.3 is 19.9 Å². The Bertz CT molecular complexity index is 664. The van der Waals surface area contributed by atoms with E-state index in [1.165, 1.54) is 25.9 Å². The summed E-state index contributed by atoms with van der Waals surface area (Å²) in [4.78, 5) is 29.0. The van der Waals surface area contributed by atoms with Gasteiger partial charge in [-0.2, -0.15) is 0 Å². The summed E-state index contributed by atoms with van der Waals surface area (Å²) in [6, 6.07) is 7.41. The van der Waals surface area contributed by atoms with E-state index < -0.39 is 0 Å². The summed E-state index contributed by atoms with van der Waals surface area (Å²) >= 11 is 0. The predicted octanol–water partition coefficient (Wildman–Crippen LogP) is 2.29. The molecule has 2 saturated heterocycles. The van der Waals surface area contributed by atoms with E-state index in [1.807, 2.05) is 24.3 Å². The number of hydrogen-bond donors (Lipinski definition) is 1. The molecule has 2 aliphatic rings. The number of rotatable bonds is 7. The number of carbonyl (C=O) groups is 2. The molecule has 2 aliphatic heterocycles. The third kappa shape index (κ3) is 5.22. The summed E-state index contributed by atoms with van der Waals surface area (Å²) in [5.74, 6) is 1.19. The Balaban J connectivity index is 1.43. The van der Waals surface area contributed by atoms with E-state index in [-0.39, 0.29) is 24.2 Å². The molecule has 1 aromatic rings. The van der Waals surface area contributed by atoms with Crippen LogP contribution in [0.1, 0.15) is 32.6 Å². The standard InChI is InChI=1S/C21H31N3O3/c1-16-6-4-10-23(14-16)11-5-9-22-21(26)17-12-20(25)24(15-17)18-7-3-8-19(13-18)27-2/h3,7-8,13,16-17H,4-6,9-12,14-15H2,1-2H3,(H,22,26)/t16-,17-/m0/s1. The zero-order chi connectivity index (χ0) is 19.2. The lowest BCUT2D eigenvalue weighted by molar-refractivity contribution is -0.126. The van der Waals surface area contributed by atoms with Gasteiger partial charge in [0.15, 0.2) is 0 Å². The number of ether oxygens (including phenoxy) is 1. The van der Waals surface area contributed by atoms with Gasteiger partial charge in [0.1, 0.15) is 5.75 Å². The van der Waals surface area contributed by atoms with Crippen LogP contribution in [0.15, 0.2) is 24.3 Å². The zero-order valence-corrected chi connectivity index (χ0v) is 16.4. The molecule has 0 bridgehead atoms. The Labute approximate surface area is 161 Å². The predicted molar refractivity (Wildman–Crippen MR) is 106 cm³/mol. The minimum atomic E-state index is -0.279. The van der Waals surface area contributed by atoms with E-state index in [2.05, 4.69) is 17.1 Å². The first kappa shape index (κ1) is 19.7. The van der Waals surface area contributed by atoms with Gasteiger partial charge in [-0.15, -0.1) is 0 Å². The second kappa shape index (κ2) is 9.22. The largest absolute Gasteiger partial charge is 0.497 e. The maximum atomic E-state index is 12.5. The number of anilines is 1. The van der Waals surface area contributed by atoms with Crippen molar-refractivity contribution in [2.45, 2.75) is 32.6 Å². The molecule has 0 radical (unpaired) electrons. The molecule has 2 atom stereocenters. The fraction of sp³-hybridized carbons (Fsp3) is 0.619. The summed E-state index contributed by atoms with van der Waals surface area (Å²) in [6.45, 7) is 6.78. The maximum Gasteiger partial charge on any atom is 0.227 e. The molecule has 0 aliphatic carbocycles. The number of carbonyl (C=O) groups excluding carboxylic acids is 2. The normalized spacial score (nSPS) is 23.5. The Morgan fingerprint density at radius 1 is 1.33 bits per heavy atom. The molecule has 1 aromatic carbocycles. The van der Waals surface area contributed by atoms with Crippen LogP contribution in [0.5, 0.6) is 5.75 Å². The average molecular weight is 373 g/mol. The maximum absolute atomic E-state index is 12.5. The topological polar surface area (TPSA) is 61.9 Å². The fourth-order valence-corrected chi connectivity index (χ4v) is 4.06. The van der Waals surface area contributed by atoms with Crippen molar-refractivity contribution in [2.75, 3.05) is 44.7 Å². The summed E-state index contributed by atoms with van der Waals surface area (Å²) in [5, 5.41) is 3.02. The summed E-state index contributed by atoms with van der Waals surface area (Å²) in [6.07, 6.45) is 3.83. The molecule has 2 fully saturated rings. The number of amides is 2. The first-order chi connectivity index (χ1) is 13.1. The first-order valence-corrected chi connectivity index (χ1v) is 10.0. The van der Waals surface area contributed by atoms with Crippen LogP contribution < -0.4 is 15.0 Å². The molecule has 1 N–H and O–H groups in total. The van der Waals surface area contributed by atoms with Crippen LogP contribution in [0.25, 0.3) is 0 Å². The van der Waals surface area contributed by atoms with Gasteiger partial charge in [-0.1, -0.05) is 13.0 Å². The molecule has 2 amide bonds. The molecule has 3 rings (SSSR count). The average Bonchev–Trinajstić information content (AvgIpc) is 3.07. The SMILES string of the molecule is COc1cccc(N2C[C@@H](C(=O)NCCCN3CCC[C@H](C)C3)CC2=O)c1. The van der Waals surface area contributed by atoms with Crippen molar-refractivity contribution < 1.29 is 14.3 Å². The molecule has 27 heavy (non-hydrogen) atoms. The van der Waals surface area contributed by atoms with Crippen molar-refractivity contribution in [3.63, 3.8) is 0 Å². The number of piperidine rings is 1. The number of hydrogen-bond acceptors (Lipinski definition) is 4. The smallest absolute Gasteiger partial charge is 0.227 e. The summed E-state index contributed by atoms with van der Waals surface area (Å²) in [5.41, 5.74) is 0.786. The highest BCUT2D eigenvalue weighted by atomic mass is 16.5. The first-order valence-electron chi connectivity index (χ1n) is 10.0. The van der Waals surface area contributed by atoms with E-state index in [1.54, 1.807) is 12.0 Å². The third-order valence-corrected chi connectivity index (χ3v) is 5.55. The van der Waals surface area contributed by atoms with E-state index in [0.717, 1.165) is 24.6 Å². The molecular weight excluding hydrogens is 342 g/mol. The lowest BCUT2D eigenvalue weighted by Crippen LogP contribution is -2.38. The van der Waals surface area contributed by atoms with Gasteiger partial charge in [0.05, 0.1) is 13.0 Å². The van der Waals surface area contributed by atoms with Crippen LogP contribution in [-0.2, 0) is 9.59 Å². The zero-order valence-electron chi connectivity index (χ0n) is 16.4. The van der Waals surface area contributed by atoms with Crippen molar-refractivity contribution in [1.82, 2.24) is 10.2 Å². The summed E-state index contributed by atoms with van der Waals surface area (Å²) < 4.78 is 5.22. The van der Waals surface area contributed by atoms with Gasteiger partial charge in [-0.3, -0.25) is 9.59 Å². The summed E-state index contributed by atoms with van der Waals surface area (Å²) in [7, 11) is 1.60. The molecular formula is C21H31N3O3. The van der Waals surface area contributed by atoms with Crippen LogP contribution in [0.3, 0.4) is 0 Å². The molecule has 6 heteroatoms. The monoisotopic (exact) mass is 373 g/mol. The Kier molecular flexibility index (Phi) is 6.72. The quantitative estimate of drug-likeness (QED) is 0.745. The van der Waals surface area contributed by atoms with E-state index in [0.29, 0.717) is 18.8 Å². The van der Waals surface area contributed by atoms with Gasteiger partial charge in [0.25, 0.3) is 0 Å². The molecule has 6 nitrogen and oxygen atoms in total. The van der Waals surface area contributed by atoms with E-state index >= 15 is 0 Å². The van der Waals surface area contributed by atoms with Crippen LogP contribution in [0, 0.1) is 11.8 Å². The van der Waals surface area contributed by atoms with Crippen LogP contribution in [0.4, 0.5) is 5.69 Å². The van der Waals surface area contributed by atoms with E-state index in [4.69, 9.17) is 4.74 Å². The minimum Gasteiger partial charge on any atom is -0.497 e.